The second-order valence-corrected chi connectivity index (χ2v) is 8.76. The maximum atomic E-state index is 12.2. The first-order valence-corrected chi connectivity index (χ1v) is 10.7. The van der Waals surface area contributed by atoms with Crippen LogP contribution in [0, 0.1) is 10.1 Å². The number of carbonyl (C=O) groups excluding carboxylic acids is 2. The molecule has 1 unspecified atom stereocenters. The second kappa shape index (κ2) is 11.4. The van der Waals surface area contributed by atoms with Crippen LogP contribution in [-0.2, 0) is 20.9 Å². The molecule has 0 aliphatic heterocycles. The molecule has 32 heavy (non-hydrogen) atoms. The van der Waals surface area contributed by atoms with E-state index in [4.69, 9.17) is 14.2 Å². The first-order chi connectivity index (χ1) is 15.1. The van der Waals surface area contributed by atoms with E-state index < -0.39 is 28.6 Å². The zero-order chi connectivity index (χ0) is 23.7. The van der Waals surface area contributed by atoms with Gasteiger partial charge in [-0.15, -0.1) is 11.8 Å². The summed E-state index contributed by atoms with van der Waals surface area (Å²) in [6.45, 7) is 5.37. The molecule has 0 aliphatic carbocycles. The van der Waals surface area contributed by atoms with Crippen molar-refractivity contribution in [3.63, 3.8) is 0 Å². The number of nitro groups is 1. The van der Waals surface area contributed by atoms with Gasteiger partial charge in [0, 0.05) is 17.9 Å². The molecule has 9 nitrogen and oxygen atoms in total. The number of hydrogen-bond donors (Lipinski definition) is 1. The number of nitrogens with zero attached hydrogens (tertiary/aromatic N) is 1. The predicted molar refractivity (Wildman–Crippen MR) is 120 cm³/mol. The van der Waals surface area contributed by atoms with E-state index in [1.54, 1.807) is 20.8 Å². The van der Waals surface area contributed by atoms with E-state index in [0.717, 1.165) is 17.3 Å². The van der Waals surface area contributed by atoms with E-state index in [2.05, 4.69) is 5.32 Å². The molecule has 1 atom stereocenters. The van der Waals surface area contributed by atoms with Gasteiger partial charge in [-0.1, -0.05) is 30.3 Å². The summed E-state index contributed by atoms with van der Waals surface area (Å²) in [7, 11) is 1.21. The quantitative estimate of drug-likeness (QED) is 0.253. The van der Waals surface area contributed by atoms with Gasteiger partial charge in [-0.25, -0.2) is 9.59 Å². The van der Waals surface area contributed by atoms with Gasteiger partial charge in [-0.05, 0) is 32.4 Å². The lowest BCUT2D eigenvalue weighted by Crippen LogP contribution is -2.45. The van der Waals surface area contributed by atoms with Crippen molar-refractivity contribution in [3.8, 4) is 5.75 Å². The summed E-state index contributed by atoms with van der Waals surface area (Å²) in [6.07, 6.45) is -0.770. The molecule has 10 heteroatoms. The average Bonchev–Trinajstić information content (AvgIpc) is 2.74. The Hall–Kier alpha value is -3.27. The van der Waals surface area contributed by atoms with Crippen molar-refractivity contribution < 1.29 is 28.7 Å². The van der Waals surface area contributed by atoms with Gasteiger partial charge in [0.1, 0.15) is 24.0 Å². The lowest BCUT2D eigenvalue weighted by molar-refractivity contribution is -0.385. The third kappa shape index (κ3) is 8.10. The number of nitrogens with one attached hydrogen (secondary N) is 1. The summed E-state index contributed by atoms with van der Waals surface area (Å²) < 4.78 is 15.8. The maximum absolute atomic E-state index is 12.2. The third-order valence-electron chi connectivity index (χ3n) is 3.96. The summed E-state index contributed by atoms with van der Waals surface area (Å²) in [5.74, 6) is -0.194. The number of methoxy groups -OCH3 is 1. The fourth-order valence-corrected chi connectivity index (χ4v) is 3.55. The molecule has 1 N–H and O–H groups in total. The van der Waals surface area contributed by atoms with E-state index >= 15 is 0 Å². The summed E-state index contributed by atoms with van der Waals surface area (Å²) in [5.41, 5.74) is 0.0752. The normalized spacial score (nSPS) is 11.9. The molecule has 0 spiro atoms. The number of hydrogen-bond acceptors (Lipinski definition) is 8. The molecular weight excluding hydrogens is 436 g/mol. The Bertz CT molecular complexity index is 945. The van der Waals surface area contributed by atoms with Crippen LogP contribution in [0.5, 0.6) is 5.75 Å². The van der Waals surface area contributed by atoms with Crippen molar-refractivity contribution in [3.05, 3.63) is 64.2 Å². The predicted octanol–water partition coefficient (Wildman–Crippen LogP) is 4.33. The molecular formula is C22H26N2O7S. The molecule has 2 aromatic carbocycles. The van der Waals surface area contributed by atoms with E-state index in [0.29, 0.717) is 10.6 Å². The number of rotatable bonds is 9. The van der Waals surface area contributed by atoms with E-state index in [1.807, 2.05) is 30.3 Å². The fourth-order valence-electron chi connectivity index (χ4n) is 2.51. The monoisotopic (exact) mass is 462 g/mol. The van der Waals surface area contributed by atoms with Crippen LogP contribution in [-0.4, -0.2) is 41.5 Å². The number of ether oxygens (including phenoxy) is 3. The molecule has 0 bridgehead atoms. The van der Waals surface area contributed by atoms with Crippen LogP contribution < -0.4 is 10.1 Å². The lowest BCUT2D eigenvalue weighted by atomic mass is 10.2. The minimum Gasteiger partial charge on any atom is -0.488 e. The molecule has 172 valence electrons. The van der Waals surface area contributed by atoms with Crippen molar-refractivity contribution in [2.24, 2.45) is 0 Å². The van der Waals surface area contributed by atoms with Crippen LogP contribution in [0.15, 0.2) is 53.4 Å². The van der Waals surface area contributed by atoms with Crippen molar-refractivity contribution in [2.75, 3.05) is 12.9 Å². The third-order valence-corrected chi connectivity index (χ3v) is 5.09. The highest BCUT2D eigenvalue weighted by atomic mass is 32.2. The highest BCUT2D eigenvalue weighted by molar-refractivity contribution is 7.99. The highest BCUT2D eigenvalue weighted by Crippen LogP contribution is 2.34. The number of carbonyl (C=O) groups is 2. The highest BCUT2D eigenvalue weighted by Gasteiger charge is 2.26. The Morgan fingerprint density at radius 2 is 1.84 bits per heavy atom. The van der Waals surface area contributed by atoms with E-state index in [-0.39, 0.29) is 18.0 Å². The number of alkyl carbamates (subject to hydrolysis) is 1. The van der Waals surface area contributed by atoms with Crippen LogP contribution in [0.2, 0.25) is 0 Å². The minimum absolute atomic E-state index is 0.0504. The number of non-ortho nitro benzene ring substituents is 1. The standard InChI is InChI=1S/C22H26N2O7S/c1-22(2,3)31-21(26)23-17(20(25)29-4)14-32-19-12-16(24(27)28)10-11-18(19)30-13-15-8-6-5-7-9-15/h5-12,17H,13-14H2,1-4H3,(H,23,26). The molecule has 2 rings (SSSR count). The average molecular weight is 463 g/mol. The summed E-state index contributed by atoms with van der Waals surface area (Å²) >= 11 is 1.12. The van der Waals surface area contributed by atoms with Gasteiger partial charge in [0.05, 0.1) is 16.9 Å². The van der Waals surface area contributed by atoms with E-state index in [9.17, 15) is 19.7 Å². The smallest absolute Gasteiger partial charge is 0.408 e. The minimum atomic E-state index is -1.03. The molecule has 2 aromatic rings. The molecule has 0 aliphatic rings. The molecule has 0 heterocycles. The fraction of sp³-hybridized carbons (Fsp3) is 0.364. The molecule has 0 radical (unpaired) electrons. The molecule has 0 saturated carbocycles. The van der Waals surface area contributed by atoms with Gasteiger partial charge in [0.25, 0.3) is 5.69 Å². The summed E-state index contributed by atoms with van der Waals surface area (Å²) in [6, 6.07) is 12.7. The largest absolute Gasteiger partial charge is 0.488 e. The van der Waals surface area contributed by atoms with Crippen molar-refractivity contribution >= 4 is 29.5 Å². The van der Waals surface area contributed by atoms with Crippen LogP contribution in [0.25, 0.3) is 0 Å². The number of amides is 1. The second-order valence-electron chi connectivity index (χ2n) is 7.70. The number of esters is 1. The van der Waals surface area contributed by atoms with Crippen LogP contribution in [0.1, 0.15) is 26.3 Å². The van der Waals surface area contributed by atoms with Crippen molar-refractivity contribution in [1.29, 1.82) is 0 Å². The Morgan fingerprint density at radius 3 is 2.44 bits per heavy atom. The molecule has 0 aromatic heterocycles. The van der Waals surface area contributed by atoms with Crippen molar-refractivity contribution in [1.82, 2.24) is 5.32 Å². The zero-order valence-electron chi connectivity index (χ0n) is 18.3. The Morgan fingerprint density at radius 1 is 1.16 bits per heavy atom. The number of benzene rings is 2. The summed E-state index contributed by atoms with van der Waals surface area (Å²) in [5, 5.41) is 13.7. The lowest BCUT2D eigenvalue weighted by Gasteiger charge is -2.22. The summed E-state index contributed by atoms with van der Waals surface area (Å²) in [4.78, 5) is 35.4. The SMILES string of the molecule is COC(=O)C(CSc1cc([N+](=O)[O-])ccc1OCc1ccccc1)NC(=O)OC(C)(C)C. The Labute approximate surface area is 190 Å². The molecule has 1 amide bonds. The van der Waals surface area contributed by atoms with Gasteiger partial charge in [0.2, 0.25) is 0 Å². The maximum Gasteiger partial charge on any atom is 0.408 e. The van der Waals surface area contributed by atoms with Gasteiger partial charge in [0.15, 0.2) is 0 Å². The first kappa shape index (κ1) is 25.0. The first-order valence-electron chi connectivity index (χ1n) is 9.74. The molecule has 0 fully saturated rings. The van der Waals surface area contributed by atoms with Gasteiger partial charge in [-0.2, -0.15) is 0 Å². The van der Waals surface area contributed by atoms with Crippen molar-refractivity contribution in [2.45, 2.75) is 43.9 Å². The van der Waals surface area contributed by atoms with Gasteiger partial charge < -0.3 is 19.5 Å². The van der Waals surface area contributed by atoms with Crippen LogP contribution >= 0.6 is 11.8 Å². The van der Waals surface area contributed by atoms with E-state index in [1.165, 1.54) is 25.3 Å². The topological polar surface area (TPSA) is 117 Å². The van der Waals surface area contributed by atoms with Crippen LogP contribution in [0.4, 0.5) is 10.5 Å². The number of nitro benzene ring substituents is 1. The van der Waals surface area contributed by atoms with Gasteiger partial charge in [-0.3, -0.25) is 10.1 Å². The van der Waals surface area contributed by atoms with Crippen LogP contribution in [0.3, 0.4) is 0 Å². The zero-order valence-corrected chi connectivity index (χ0v) is 19.1. The molecule has 0 saturated heterocycles. The Kier molecular flexibility index (Phi) is 8.89. The Balaban J connectivity index is 2.17. The number of thioether (sulfide) groups is 1. The van der Waals surface area contributed by atoms with Gasteiger partial charge >= 0.3 is 12.1 Å².